The van der Waals surface area contributed by atoms with Gasteiger partial charge in [-0.1, -0.05) is 37.3 Å². The van der Waals surface area contributed by atoms with Gasteiger partial charge in [0.1, 0.15) is 0 Å². The van der Waals surface area contributed by atoms with E-state index < -0.39 is 0 Å². The van der Waals surface area contributed by atoms with Gasteiger partial charge in [-0.2, -0.15) is 0 Å². The molecular formula is C17H25Cl2N3OS. The Kier molecular flexibility index (Phi) is 10.2. The van der Waals surface area contributed by atoms with Gasteiger partial charge >= 0.3 is 0 Å². The molecule has 0 aliphatic heterocycles. The van der Waals surface area contributed by atoms with Gasteiger partial charge < -0.3 is 11.1 Å². The molecule has 4 nitrogen and oxygen atoms in total. The van der Waals surface area contributed by atoms with Crippen molar-refractivity contribution in [3.8, 4) is 11.3 Å². The Morgan fingerprint density at radius 3 is 2.46 bits per heavy atom. The first-order valence-corrected chi connectivity index (χ1v) is 8.35. The number of aromatic nitrogens is 1. The average molecular weight is 390 g/mol. The maximum absolute atomic E-state index is 11.9. The van der Waals surface area contributed by atoms with Crippen molar-refractivity contribution < 1.29 is 4.79 Å². The van der Waals surface area contributed by atoms with Gasteiger partial charge in [-0.15, -0.1) is 36.2 Å². The highest BCUT2D eigenvalue weighted by molar-refractivity contribution is 7.12. The third-order valence-electron chi connectivity index (χ3n) is 3.73. The van der Waals surface area contributed by atoms with Crippen LogP contribution in [0.4, 0.5) is 0 Å². The molecule has 7 heteroatoms. The molecule has 0 radical (unpaired) electrons. The highest BCUT2D eigenvalue weighted by Gasteiger charge is 2.16. The second-order valence-electron chi connectivity index (χ2n) is 5.57. The molecule has 134 valence electrons. The van der Waals surface area contributed by atoms with E-state index >= 15 is 0 Å². The van der Waals surface area contributed by atoms with Crippen LogP contribution in [0, 0.1) is 12.8 Å². The van der Waals surface area contributed by atoms with Crippen molar-refractivity contribution in [2.75, 3.05) is 6.54 Å². The zero-order valence-electron chi connectivity index (χ0n) is 14.1. The normalized spacial score (nSPS) is 12.5. The van der Waals surface area contributed by atoms with Crippen molar-refractivity contribution in [1.82, 2.24) is 10.3 Å². The lowest BCUT2D eigenvalue weighted by molar-refractivity contribution is -0.124. The van der Waals surface area contributed by atoms with Crippen molar-refractivity contribution in [1.29, 1.82) is 0 Å². The largest absolute Gasteiger partial charge is 0.355 e. The molecule has 2 rings (SSSR count). The summed E-state index contributed by atoms with van der Waals surface area (Å²) in [6.45, 7) is 6.37. The van der Waals surface area contributed by atoms with Crippen molar-refractivity contribution in [3.05, 3.63) is 40.2 Å². The van der Waals surface area contributed by atoms with Crippen LogP contribution in [0.5, 0.6) is 0 Å². The van der Waals surface area contributed by atoms with E-state index in [0.717, 1.165) is 22.7 Å². The summed E-state index contributed by atoms with van der Waals surface area (Å²) in [6.07, 6.45) is 0.746. The predicted octanol–water partition coefficient (Wildman–Crippen LogP) is 3.60. The summed E-state index contributed by atoms with van der Waals surface area (Å²) in [5.41, 5.74) is 7.91. The molecule has 2 unspecified atom stereocenters. The van der Waals surface area contributed by atoms with E-state index in [1.807, 2.05) is 32.0 Å². The highest BCUT2D eigenvalue weighted by atomic mass is 35.5. The van der Waals surface area contributed by atoms with Gasteiger partial charge in [-0.05, 0) is 13.8 Å². The number of rotatable bonds is 6. The lowest BCUT2D eigenvalue weighted by Gasteiger charge is -2.14. The summed E-state index contributed by atoms with van der Waals surface area (Å²) in [6, 6.07) is 10.0. The number of carbonyl (C=O) groups is 1. The first-order chi connectivity index (χ1) is 10.5. The van der Waals surface area contributed by atoms with Gasteiger partial charge in [0.25, 0.3) is 0 Å². The molecule has 1 amide bonds. The Labute approximate surface area is 160 Å². The van der Waals surface area contributed by atoms with Gasteiger partial charge in [0.05, 0.1) is 10.7 Å². The van der Waals surface area contributed by atoms with Crippen LogP contribution in [-0.4, -0.2) is 23.5 Å². The van der Waals surface area contributed by atoms with E-state index in [4.69, 9.17) is 10.7 Å². The number of hydrogen-bond donors (Lipinski definition) is 2. The second kappa shape index (κ2) is 10.7. The molecule has 1 aromatic heterocycles. The molecule has 2 atom stereocenters. The van der Waals surface area contributed by atoms with Crippen LogP contribution in [0.15, 0.2) is 30.3 Å². The summed E-state index contributed by atoms with van der Waals surface area (Å²) < 4.78 is 0. The fourth-order valence-electron chi connectivity index (χ4n) is 2.11. The molecule has 3 N–H and O–H groups in total. The van der Waals surface area contributed by atoms with Crippen LogP contribution >= 0.6 is 36.2 Å². The molecule has 0 aliphatic rings. The van der Waals surface area contributed by atoms with Crippen LogP contribution in [0.1, 0.15) is 23.7 Å². The van der Waals surface area contributed by atoms with Crippen molar-refractivity contribution >= 4 is 42.1 Å². The molecule has 0 saturated heterocycles. The van der Waals surface area contributed by atoms with E-state index in [0.29, 0.717) is 6.54 Å². The maximum Gasteiger partial charge on any atom is 0.224 e. The smallest absolute Gasteiger partial charge is 0.224 e. The van der Waals surface area contributed by atoms with Crippen LogP contribution in [0.3, 0.4) is 0 Å². The number of benzene rings is 1. The number of nitrogens with one attached hydrogen (secondary N) is 1. The monoisotopic (exact) mass is 389 g/mol. The molecule has 0 saturated carbocycles. The summed E-state index contributed by atoms with van der Waals surface area (Å²) in [5.74, 6) is -0.163. The lowest BCUT2D eigenvalue weighted by Crippen LogP contribution is -2.39. The molecule has 0 aliphatic carbocycles. The topological polar surface area (TPSA) is 68.0 Å². The first kappa shape index (κ1) is 22.9. The Hall–Kier alpha value is -1.14. The number of thiazole rings is 1. The van der Waals surface area contributed by atoms with Crippen LogP contribution in [0.2, 0.25) is 0 Å². The quantitative estimate of drug-likeness (QED) is 0.792. The van der Waals surface area contributed by atoms with E-state index in [9.17, 15) is 4.79 Å². The number of nitrogens with zero attached hydrogens (tertiary/aromatic N) is 1. The standard InChI is InChI=1S/C17H23N3OS.2ClH/c1-11(12(2)18)17(21)19-10-9-15-20-16(13(3)22-15)14-7-5-4-6-8-14;;/h4-8,11-12H,9-10,18H2,1-3H3,(H,19,21);2*1H. The molecule has 1 heterocycles. The fraction of sp³-hybridized carbons (Fsp3) is 0.412. The zero-order valence-corrected chi connectivity index (χ0v) is 16.6. The minimum atomic E-state index is -0.169. The third kappa shape index (κ3) is 6.06. The third-order valence-corrected chi connectivity index (χ3v) is 4.76. The van der Waals surface area contributed by atoms with Gasteiger partial charge in [0.2, 0.25) is 5.91 Å². The van der Waals surface area contributed by atoms with Gasteiger partial charge in [0, 0.05) is 35.4 Å². The fourth-order valence-corrected chi connectivity index (χ4v) is 3.07. The highest BCUT2D eigenvalue weighted by Crippen LogP contribution is 2.27. The van der Waals surface area contributed by atoms with Crippen LogP contribution in [-0.2, 0) is 11.2 Å². The Balaban J connectivity index is 0.00000264. The number of hydrogen-bond acceptors (Lipinski definition) is 4. The van der Waals surface area contributed by atoms with Crippen molar-refractivity contribution in [2.45, 2.75) is 33.2 Å². The Morgan fingerprint density at radius 2 is 1.88 bits per heavy atom. The minimum absolute atomic E-state index is 0. The molecule has 1 aromatic carbocycles. The second-order valence-corrected chi connectivity index (χ2v) is 6.85. The summed E-state index contributed by atoms with van der Waals surface area (Å²) >= 11 is 1.69. The van der Waals surface area contributed by atoms with Crippen LogP contribution in [0.25, 0.3) is 11.3 Å². The molecule has 0 fully saturated rings. The summed E-state index contributed by atoms with van der Waals surface area (Å²) in [5, 5.41) is 3.97. The minimum Gasteiger partial charge on any atom is -0.355 e. The van der Waals surface area contributed by atoms with Crippen LogP contribution < -0.4 is 11.1 Å². The lowest BCUT2D eigenvalue weighted by atomic mass is 10.0. The Morgan fingerprint density at radius 1 is 1.25 bits per heavy atom. The zero-order chi connectivity index (χ0) is 16.1. The molecular weight excluding hydrogens is 365 g/mol. The molecule has 24 heavy (non-hydrogen) atoms. The van der Waals surface area contributed by atoms with Gasteiger partial charge in [0.15, 0.2) is 0 Å². The SMILES string of the molecule is Cc1sc(CCNC(=O)C(C)C(C)N)nc1-c1ccccc1.Cl.Cl. The first-order valence-electron chi connectivity index (χ1n) is 7.54. The number of nitrogens with two attached hydrogens (primary N) is 1. The maximum atomic E-state index is 11.9. The van der Waals surface area contributed by atoms with E-state index in [1.54, 1.807) is 11.3 Å². The number of aryl methyl sites for hydroxylation is 1. The average Bonchev–Trinajstić information content (AvgIpc) is 2.88. The summed E-state index contributed by atoms with van der Waals surface area (Å²) in [4.78, 5) is 17.8. The summed E-state index contributed by atoms with van der Waals surface area (Å²) in [7, 11) is 0. The van der Waals surface area contributed by atoms with Crippen molar-refractivity contribution in [2.24, 2.45) is 11.7 Å². The molecule has 0 bridgehead atoms. The van der Waals surface area contributed by atoms with E-state index in [-0.39, 0.29) is 42.7 Å². The van der Waals surface area contributed by atoms with Gasteiger partial charge in [-0.3, -0.25) is 4.79 Å². The number of carbonyl (C=O) groups excluding carboxylic acids is 1. The van der Waals surface area contributed by atoms with Gasteiger partial charge in [-0.25, -0.2) is 4.98 Å². The van der Waals surface area contributed by atoms with Crippen molar-refractivity contribution in [3.63, 3.8) is 0 Å². The molecule has 0 spiro atoms. The van der Waals surface area contributed by atoms with E-state index in [2.05, 4.69) is 24.4 Å². The predicted molar refractivity (Wildman–Crippen MR) is 106 cm³/mol. The van der Waals surface area contributed by atoms with E-state index in [1.165, 1.54) is 4.88 Å². The number of amides is 1. The molecule has 2 aromatic rings. The number of halogens is 2. The Bertz CT molecular complexity index is 632.